The maximum Gasteiger partial charge on any atom is 0.254 e. The third-order valence-corrected chi connectivity index (χ3v) is 7.27. The van der Waals surface area contributed by atoms with Crippen LogP contribution in [0.5, 0.6) is 11.5 Å². The number of fused-ring (bicyclic) bond motifs is 4. The molecule has 2 amide bonds. The highest BCUT2D eigenvalue weighted by Gasteiger charge is 2.46. The van der Waals surface area contributed by atoms with Crippen molar-refractivity contribution in [1.82, 2.24) is 15.1 Å². The summed E-state index contributed by atoms with van der Waals surface area (Å²) in [5.74, 6) is 0.824. The molecule has 7 heteroatoms. The Hall–Kier alpha value is -3.06. The van der Waals surface area contributed by atoms with Gasteiger partial charge in [0.05, 0.1) is 25.2 Å². The molecule has 0 saturated heterocycles. The Balaban J connectivity index is 1.70. The van der Waals surface area contributed by atoms with Crippen molar-refractivity contribution in [2.24, 2.45) is 0 Å². The van der Waals surface area contributed by atoms with Gasteiger partial charge in [0.25, 0.3) is 5.91 Å². The number of rotatable bonds is 12. The molecule has 7 nitrogen and oxygen atoms in total. The third kappa shape index (κ3) is 5.61. The van der Waals surface area contributed by atoms with Gasteiger partial charge in [-0.1, -0.05) is 32.0 Å². The summed E-state index contributed by atoms with van der Waals surface area (Å²) in [5.41, 5.74) is 3.50. The number of benzene rings is 2. The van der Waals surface area contributed by atoms with Gasteiger partial charge in [0.15, 0.2) is 11.5 Å². The summed E-state index contributed by atoms with van der Waals surface area (Å²) in [6, 6.07) is 11.2. The van der Waals surface area contributed by atoms with Crippen molar-refractivity contribution in [3.05, 3.63) is 58.7 Å². The predicted octanol–water partition coefficient (Wildman–Crippen LogP) is 4.56. The van der Waals surface area contributed by atoms with Crippen LogP contribution in [0.4, 0.5) is 0 Å². The first-order valence-corrected chi connectivity index (χ1v) is 13.9. The molecule has 0 aliphatic carbocycles. The normalized spacial score (nSPS) is 18.2. The molecule has 1 N–H and O–H groups in total. The van der Waals surface area contributed by atoms with Gasteiger partial charge in [-0.25, -0.2) is 0 Å². The van der Waals surface area contributed by atoms with Gasteiger partial charge < -0.3 is 24.6 Å². The fourth-order valence-electron chi connectivity index (χ4n) is 5.77. The number of nitrogens with one attached hydrogen (secondary N) is 1. The number of ether oxygens (including phenoxy) is 2. The lowest BCUT2D eigenvalue weighted by molar-refractivity contribution is -0.124. The number of carbonyl (C=O) groups excluding carboxylic acids is 2. The van der Waals surface area contributed by atoms with Gasteiger partial charge in [0.2, 0.25) is 5.91 Å². The van der Waals surface area contributed by atoms with Crippen molar-refractivity contribution >= 4 is 11.8 Å². The number of nitrogens with zero attached hydrogens (tertiary/aromatic N) is 2. The van der Waals surface area contributed by atoms with Crippen molar-refractivity contribution in [3.8, 4) is 11.5 Å². The molecule has 0 saturated carbocycles. The molecule has 2 aliphatic rings. The standard InChI is InChI=1S/C30H41N3O4/c1-5-15-32(16-6-2)18-14-31-29(34)27-22-11-9-10-12-23(22)30(35)33-17-13-21-19-25(36-7-3)26(37-8-4)20-24(21)28(27)33/h9-12,19-20,27-28H,5-8,13-18H2,1-4H3,(H,31,34). The van der Waals surface area contributed by atoms with E-state index in [0.29, 0.717) is 49.8 Å². The molecule has 2 aliphatic heterocycles. The Morgan fingerprint density at radius 2 is 1.65 bits per heavy atom. The first-order valence-electron chi connectivity index (χ1n) is 13.9. The number of carbonyl (C=O) groups is 2. The molecule has 200 valence electrons. The van der Waals surface area contributed by atoms with Crippen LogP contribution >= 0.6 is 0 Å². The van der Waals surface area contributed by atoms with Crippen LogP contribution in [0.25, 0.3) is 0 Å². The zero-order valence-corrected chi connectivity index (χ0v) is 22.7. The van der Waals surface area contributed by atoms with E-state index in [0.717, 1.165) is 49.2 Å². The maximum atomic E-state index is 13.9. The molecule has 0 radical (unpaired) electrons. The molecule has 37 heavy (non-hydrogen) atoms. The van der Waals surface area contributed by atoms with Crippen LogP contribution in [-0.2, 0) is 11.2 Å². The van der Waals surface area contributed by atoms with Crippen LogP contribution in [0, 0.1) is 0 Å². The van der Waals surface area contributed by atoms with Crippen LogP contribution < -0.4 is 14.8 Å². The quantitative estimate of drug-likeness (QED) is 0.456. The Kier molecular flexibility index (Phi) is 9.09. The third-order valence-electron chi connectivity index (χ3n) is 7.27. The molecule has 2 unspecified atom stereocenters. The molecule has 2 aromatic carbocycles. The number of hydrogen-bond acceptors (Lipinski definition) is 5. The molecular weight excluding hydrogens is 466 g/mol. The van der Waals surface area contributed by atoms with E-state index in [1.54, 1.807) is 0 Å². The second-order valence-corrected chi connectivity index (χ2v) is 9.75. The van der Waals surface area contributed by atoms with Gasteiger partial charge in [-0.15, -0.1) is 0 Å². The van der Waals surface area contributed by atoms with Crippen LogP contribution in [0.1, 0.15) is 79.5 Å². The fourth-order valence-corrected chi connectivity index (χ4v) is 5.77. The summed E-state index contributed by atoms with van der Waals surface area (Å²) in [6.45, 7) is 13.3. The summed E-state index contributed by atoms with van der Waals surface area (Å²) in [6.07, 6.45) is 2.89. The average molecular weight is 508 g/mol. The Labute approximate surface area is 221 Å². The van der Waals surface area contributed by atoms with Crippen molar-refractivity contribution in [3.63, 3.8) is 0 Å². The van der Waals surface area contributed by atoms with Crippen molar-refractivity contribution in [1.29, 1.82) is 0 Å². The molecular formula is C30H41N3O4. The highest BCUT2D eigenvalue weighted by atomic mass is 16.5. The Morgan fingerprint density at radius 1 is 0.973 bits per heavy atom. The maximum absolute atomic E-state index is 13.9. The molecule has 0 spiro atoms. The van der Waals surface area contributed by atoms with Crippen molar-refractivity contribution in [2.45, 2.75) is 58.9 Å². The molecule has 0 fully saturated rings. The van der Waals surface area contributed by atoms with E-state index in [-0.39, 0.29) is 17.9 Å². The minimum absolute atomic E-state index is 0.0146. The van der Waals surface area contributed by atoms with Gasteiger partial charge in [-0.2, -0.15) is 0 Å². The first kappa shape index (κ1) is 27.0. The van der Waals surface area contributed by atoms with Gasteiger partial charge in [-0.05, 0) is 81.1 Å². The lowest BCUT2D eigenvalue weighted by Crippen LogP contribution is -2.50. The molecule has 0 bridgehead atoms. The molecule has 2 heterocycles. The zero-order chi connectivity index (χ0) is 26.4. The van der Waals surface area contributed by atoms with Gasteiger partial charge in [0.1, 0.15) is 0 Å². The molecule has 4 rings (SSSR count). The summed E-state index contributed by atoms with van der Waals surface area (Å²) in [5, 5.41) is 3.22. The van der Waals surface area contributed by atoms with E-state index in [9.17, 15) is 9.59 Å². The molecule has 2 atom stereocenters. The van der Waals surface area contributed by atoms with Gasteiger partial charge in [0, 0.05) is 25.2 Å². The monoisotopic (exact) mass is 507 g/mol. The van der Waals surface area contributed by atoms with Crippen LogP contribution in [-0.4, -0.2) is 67.6 Å². The minimum Gasteiger partial charge on any atom is -0.490 e. The predicted molar refractivity (Wildman–Crippen MR) is 145 cm³/mol. The smallest absolute Gasteiger partial charge is 0.254 e. The molecule has 0 aromatic heterocycles. The summed E-state index contributed by atoms with van der Waals surface area (Å²) < 4.78 is 11.8. The van der Waals surface area contributed by atoms with E-state index in [1.807, 2.05) is 55.1 Å². The first-order chi connectivity index (χ1) is 18.0. The van der Waals surface area contributed by atoms with E-state index in [1.165, 1.54) is 0 Å². The zero-order valence-electron chi connectivity index (χ0n) is 22.7. The fraction of sp³-hybridized carbons (Fsp3) is 0.533. The van der Waals surface area contributed by atoms with E-state index < -0.39 is 5.92 Å². The second-order valence-electron chi connectivity index (χ2n) is 9.75. The highest BCUT2D eigenvalue weighted by molar-refractivity contribution is 6.01. The number of amides is 2. The van der Waals surface area contributed by atoms with Crippen molar-refractivity contribution in [2.75, 3.05) is 45.9 Å². The van der Waals surface area contributed by atoms with Crippen LogP contribution in [0.2, 0.25) is 0 Å². The Morgan fingerprint density at radius 3 is 2.32 bits per heavy atom. The lowest BCUT2D eigenvalue weighted by atomic mass is 9.75. The average Bonchev–Trinajstić information content (AvgIpc) is 2.90. The topological polar surface area (TPSA) is 71.1 Å². The van der Waals surface area contributed by atoms with Gasteiger partial charge in [-0.3, -0.25) is 9.59 Å². The van der Waals surface area contributed by atoms with E-state index in [4.69, 9.17) is 9.47 Å². The molecule has 2 aromatic rings. The number of hydrogen-bond donors (Lipinski definition) is 1. The van der Waals surface area contributed by atoms with E-state index >= 15 is 0 Å². The van der Waals surface area contributed by atoms with Crippen LogP contribution in [0.3, 0.4) is 0 Å². The highest BCUT2D eigenvalue weighted by Crippen LogP contribution is 2.48. The van der Waals surface area contributed by atoms with Gasteiger partial charge >= 0.3 is 0 Å². The minimum atomic E-state index is -0.494. The lowest BCUT2D eigenvalue weighted by Gasteiger charge is -2.45. The summed E-state index contributed by atoms with van der Waals surface area (Å²) in [4.78, 5) is 31.7. The van der Waals surface area contributed by atoms with Crippen molar-refractivity contribution < 1.29 is 19.1 Å². The largest absolute Gasteiger partial charge is 0.490 e. The Bertz CT molecular complexity index is 1100. The van der Waals surface area contributed by atoms with Crippen LogP contribution in [0.15, 0.2) is 36.4 Å². The summed E-state index contributed by atoms with van der Waals surface area (Å²) >= 11 is 0. The van der Waals surface area contributed by atoms with E-state index in [2.05, 4.69) is 24.1 Å². The SMILES string of the molecule is CCCN(CCC)CCNC(=O)C1c2ccccc2C(=O)N2CCc3cc(OCC)c(OCC)cc3C12. The summed E-state index contributed by atoms with van der Waals surface area (Å²) in [7, 11) is 0. The second kappa shape index (κ2) is 12.5.